The van der Waals surface area contributed by atoms with E-state index in [1.54, 1.807) is 6.07 Å². The summed E-state index contributed by atoms with van der Waals surface area (Å²) in [6.45, 7) is -0.347. The van der Waals surface area contributed by atoms with E-state index in [0.717, 1.165) is 4.68 Å². The van der Waals surface area contributed by atoms with Crippen molar-refractivity contribution < 1.29 is 19.0 Å². The first-order chi connectivity index (χ1) is 8.67. The molecule has 1 N–H and O–H groups in total. The van der Waals surface area contributed by atoms with E-state index in [1.807, 2.05) is 0 Å². The lowest BCUT2D eigenvalue weighted by Crippen LogP contribution is -2.07. The molecule has 6 nitrogen and oxygen atoms in total. The van der Waals surface area contributed by atoms with Gasteiger partial charge in [-0.1, -0.05) is 12.1 Å². The van der Waals surface area contributed by atoms with Gasteiger partial charge >= 0.3 is 5.97 Å². The third-order valence-electron chi connectivity index (χ3n) is 2.33. The van der Waals surface area contributed by atoms with E-state index in [1.165, 1.54) is 25.6 Å². The van der Waals surface area contributed by atoms with Crippen LogP contribution in [-0.2, 0) is 11.3 Å². The van der Waals surface area contributed by atoms with Crippen LogP contribution in [-0.4, -0.2) is 33.0 Å². The Morgan fingerprint density at radius 3 is 3.00 bits per heavy atom. The van der Waals surface area contributed by atoms with Crippen molar-refractivity contribution in [2.45, 2.75) is 6.61 Å². The molecule has 0 fully saturated rings. The number of rotatable bonds is 3. The zero-order valence-corrected chi connectivity index (χ0v) is 9.50. The zero-order valence-electron chi connectivity index (χ0n) is 9.50. The zero-order chi connectivity index (χ0) is 13.1. The van der Waals surface area contributed by atoms with E-state index in [0.29, 0.717) is 5.56 Å². The Hall–Kier alpha value is -2.28. The van der Waals surface area contributed by atoms with E-state index < -0.39 is 11.8 Å². The van der Waals surface area contributed by atoms with Crippen LogP contribution in [0.25, 0.3) is 5.69 Å². The molecule has 7 heteroatoms. The van der Waals surface area contributed by atoms with Gasteiger partial charge in [-0.2, -0.15) is 0 Å². The van der Waals surface area contributed by atoms with Crippen LogP contribution in [0.1, 0.15) is 16.2 Å². The molecule has 18 heavy (non-hydrogen) atoms. The van der Waals surface area contributed by atoms with Gasteiger partial charge in [0.2, 0.25) is 0 Å². The van der Waals surface area contributed by atoms with E-state index in [9.17, 15) is 9.18 Å². The number of methoxy groups -OCH3 is 1. The van der Waals surface area contributed by atoms with Crippen LogP contribution in [0.4, 0.5) is 4.39 Å². The highest BCUT2D eigenvalue weighted by atomic mass is 19.1. The number of carbonyl (C=O) groups excluding carboxylic acids is 1. The lowest BCUT2D eigenvalue weighted by atomic mass is 10.2. The molecule has 94 valence electrons. The van der Waals surface area contributed by atoms with Crippen molar-refractivity contribution in [1.29, 1.82) is 0 Å². The van der Waals surface area contributed by atoms with Crippen LogP contribution in [0, 0.1) is 5.82 Å². The van der Waals surface area contributed by atoms with Crippen LogP contribution >= 0.6 is 0 Å². The summed E-state index contributed by atoms with van der Waals surface area (Å²) in [5, 5.41) is 12.9. The number of carbonyl (C=O) groups is 1. The maximum absolute atomic E-state index is 13.7. The molecule has 0 unspecified atom stereocenters. The van der Waals surface area contributed by atoms with Crippen molar-refractivity contribution in [2.75, 3.05) is 7.11 Å². The number of hydrogen-bond donors (Lipinski definition) is 1. The van der Waals surface area contributed by atoms with Crippen LogP contribution in [0.15, 0.2) is 24.5 Å². The predicted molar refractivity (Wildman–Crippen MR) is 58.6 cm³/mol. The van der Waals surface area contributed by atoms with Gasteiger partial charge in [0, 0.05) is 5.56 Å². The molecule has 0 bridgehead atoms. The number of aliphatic hydroxyl groups excluding tert-OH is 1. The Morgan fingerprint density at radius 2 is 2.33 bits per heavy atom. The van der Waals surface area contributed by atoms with Crippen molar-refractivity contribution >= 4 is 5.97 Å². The molecule has 2 aromatic rings. The summed E-state index contributed by atoms with van der Waals surface area (Å²) in [5.74, 6) is -1.46. The molecule has 0 saturated carbocycles. The van der Waals surface area contributed by atoms with Crippen LogP contribution in [0.3, 0.4) is 0 Å². The number of para-hydroxylation sites is 1. The number of esters is 1. The fourth-order valence-corrected chi connectivity index (χ4v) is 1.50. The number of aromatic nitrogens is 3. The Balaban J connectivity index is 2.49. The minimum atomic E-state index is -0.712. The lowest BCUT2D eigenvalue weighted by Gasteiger charge is -2.07. The normalized spacial score (nSPS) is 10.4. The van der Waals surface area contributed by atoms with Gasteiger partial charge < -0.3 is 9.84 Å². The molecule has 0 aliphatic carbocycles. The summed E-state index contributed by atoms with van der Waals surface area (Å²) in [5.41, 5.74) is 0.402. The highest BCUT2D eigenvalue weighted by Crippen LogP contribution is 2.17. The summed E-state index contributed by atoms with van der Waals surface area (Å²) >= 11 is 0. The largest absolute Gasteiger partial charge is 0.463 e. The third-order valence-corrected chi connectivity index (χ3v) is 2.33. The van der Waals surface area contributed by atoms with Gasteiger partial charge in [-0.15, -0.1) is 5.10 Å². The van der Waals surface area contributed by atoms with Crippen molar-refractivity contribution in [1.82, 2.24) is 14.8 Å². The molecular formula is C11H10FN3O3. The molecule has 1 heterocycles. The summed E-state index contributed by atoms with van der Waals surface area (Å²) in [7, 11) is 1.20. The van der Waals surface area contributed by atoms with Crippen molar-refractivity contribution in [3.05, 3.63) is 41.7 Å². The summed E-state index contributed by atoms with van der Waals surface area (Å²) in [6, 6.07) is 4.26. The molecule has 0 atom stereocenters. The molecule has 1 aromatic carbocycles. The Kier molecular flexibility index (Phi) is 3.33. The standard InChI is InChI=1S/C11H10FN3O3/c1-18-11(17)10-13-6-15(14-10)9-7(5-16)3-2-4-8(9)12/h2-4,6,16H,5H2,1H3. The van der Waals surface area contributed by atoms with Crippen molar-refractivity contribution in [3.63, 3.8) is 0 Å². The highest BCUT2D eigenvalue weighted by molar-refractivity contribution is 5.84. The monoisotopic (exact) mass is 251 g/mol. The molecule has 0 radical (unpaired) electrons. The maximum atomic E-state index is 13.7. The summed E-state index contributed by atoms with van der Waals surface area (Å²) < 4.78 is 19.2. The molecule has 0 spiro atoms. The second kappa shape index (κ2) is 4.92. The number of halogens is 1. The first-order valence-corrected chi connectivity index (χ1v) is 5.06. The summed E-state index contributed by atoms with van der Waals surface area (Å²) in [6.07, 6.45) is 1.18. The number of ether oxygens (including phenoxy) is 1. The fourth-order valence-electron chi connectivity index (χ4n) is 1.50. The lowest BCUT2D eigenvalue weighted by molar-refractivity contribution is 0.0587. The van der Waals surface area contributed by atoms with Crippen molar-refractivity contribution in [3.8, 4) is 5.69 Å². The second-order valence-electron chi connectivity index (χ2n) is 3.41. The fraction of sp³-hybridized carbons (Fsp3) is 0.182. The quantitative estimate of drug-likeness (QED) is 0.812. The summed E-state index contributed by atoms with van der Waals surface area (Å²) in [4.78, 5) is 14.9. The molecular weight excluding hydrogens is 241 g/mol. The average Bonchev–Trinajstić information content (AvgIpc) is 2.86. The Morgan fingerprint density at radius 1 is 1.56 bits per heavy atom. The van der Waals surface area contributed by atoms with E-state index in [4.69, 9.17) is 5.11 Å². The van der Waals surface area contributed by atoms with Gasteiger partial charge in [0.25, 0.3) is 5.82 Å². The Labute approximate surface area is 102 Å². The van der Waals surface area contributed by atoms with Gasteiger partial charge in [0.05, 0.1) is 13.7 Å². The predicted octanol–water partition coefficient (Wildman–Crippen LogP) is 0.685. The van der Waals surface area contributed by atoms with Gasteiger partial charge in [-0.3, -0.25) is 0 Å². The van der Waals surface area contributed by atoms with Gasteiger partial charge in [0.15, 0.2) is 0 Å². The highest BCUT2D eigenvalue weighted by Gasteiger charge is 2.16. The van der Waals surface area contributed by atoms with Gasteiger partial charge in [-0.05, 0) is 6.07 Å². The minimum Gasteiger partial charge on any atom is -0.463 e. The molecule has 0 aliphatic rings. The van der Waals surface area contributed by atoms with Gasteiger partial charge in [-0.25, -0.2) is 18.9 Å². The third kappa shape index (κ3) is 2.07. The molecule has 0 aliphatic heterocycles. The number of benzene rings is 1. The van der Waals surface area contributed by atoms with E-state index >= 15 is 0 Å². The van der Waals surface area contributed by atoms with Crippen LogP contribution in [0.5, 0.6) is 0 Å². The Bertz CT molecular complexity index is 583. The number of hydrogen-bond acceptors (Lipinski definition) is 5. The van der Waals surface area contributed by atoms with Crippen LogP contribution in [0.2, 0.25) is 0 Å². The molecule has 2 rings (SSSR count). The van der Waals surface area contributed by atoms with E-state index in [-0.39, 0.29) is 18.1 Å². The SMILES string of the molecule is COC(=O)c1ncn(-c2c(F)cccc2CO)n1. The first kappa shape index (κ1) is 12.2. The van der Waals surface area contributed by atoms with Crippen molar-refractivity contribution in [2.24, 2.45) is 0 Å². The average molecular weight is 251 g/mol. The molecule has 1 aromatic heterocycles. The minimum absolute atomic E-state index is 0.0580. The van der Waals surface area contributed by atoms with Crippen LogP contribution < -0.4 is 0 Å². The smallest absolute Gasteiger partial charge is 0.377 e. The number of aliphatic hydroxyl groups is 1. The van der Waals surface area contributed by atoms with E-state index in [2.05, 4.69) is 14.8 Å². The second-order valence-corrected chi connectivity index (χ2v) is 3.41. The molecule has 0 saturated heterocycles. The maximum Gasteiger partial charge on any atom is 0.377 e. The first-order valence-electron chi connectivity index (χ1n) is 5.06. The number of nitrogens with zero attached hydrogens (tertiary/aromatic N) is 3. The molecule has 0 amide bonds. The topological polar surface area (TPSA) is 77.2 Å². The van der Waals surface area contributed by atoms with Gasteiger partial charge in [0.1, 0.15) is 17.8 Å².